The zero-order valence-electron chi connectivity index (χ0n) is 15.8. The second-order valence-corrected chi connectivity index (χ2v) is 6.74. The summed E-state index contributed by atoms with van der Waals surface area (Å²) in [6.45, 7) is 8.64. The highest BCUT2D eigenvalue weighted by molar-refractivity contribution is 6.31. The number of hydrogen-bond donors (Lipinski definition) is 1. The number of halogens is 1. The van der Waals surface area contributed by atoms with Crippen molar-refractivity contribution in [2.24, 2.45) is 0 Å². The van der Waals surface area contributed by atoms with Gasteiger partial charge in [-0.05, 0) is 56.5 Å². The van der Waals surface area contributed by atoms with Crippen LogP contribution in [0.2, 0.25) is 5.02 Å². The molecule has 0 saturated carbocycles. The second kappa shape index (κ2) is 9.48. The Morgan fingerprint density at radius 3 is 2.54 bits per heavy atom. The van der Waals surface area contributed by atoms with Crippen LogP contribution in [0.4, 0.5) is 0 Å². The van der Waals surface area contributed by atoms with Gasteiger partial charge in [0.1, 0.15) is 18.1 Å². The predicted molar refractivity (Wildman–Crippen MR) is 105 cm³/mol. The van der Waals surface area contributed by atoms with E-state index in [1.54, 1.807) is 6.07 Å². The molecule has 0 radical (unpaired) electrons. The van der Waals surface area contributed by atoms with E-state index in [2.05, 4.69) is 5.32 Å². The Bertz CT molecular complexity index is 761. The van der Waals surface area contributed by atoms with Crippen LogP contribution in [0.25, 0.3) is 0 Å². The summed E-state index contributed by atoms with van der Waals surface area (Å²) in [7, 11) is 0. The number of aryl methyl sites for hydroxylation is 3. The van der Waals surface area contributed by atoms with Gasteiger partial charge in [0.05, 0.1) is 6.54 Å². The molecule has 26 heavy (non-hydrogen) atoms. The molecule has 140 valence electrons. The van der Waals surface area contributed by atoms with Crippen molar-refractivity contribution in [3.05, 3.63) is 58.1 Å². The molecule has 5 heteroatoms. The highest BCUT2D eigenvalue weighted by Gasteiger charge is 2.18. The zero-order valence-corrected chi connectivity index (χ0v) is 16.5. The van der Waals surface area contributed by atoms with Gasteiger partial charge in [0.15, 0.2) is 6.10 Å². The molecule has 1 amide bonds. The quantitative estimate of drug-likeness (QED) is 0.685. The maximum absolute atomic E-state index is 12.4. The lowest BCUT2D eigenvalue weighted by molar-refractivity contribution is -0.128. The molecule has 2 rings (SSSR count). The van der Waals surface area contributed by atoms with E-state index in [-0.39, 0.29) is 5.91 Å². The Morgan fingerprint density at radius 2 is 1.88 bits per heavy atom. The van der Waals surface area contributed by atoms with Crippen LogP contribution in [0.3, 0.4) is 0 Å². The standard InChI is InChI=1S/C21H26ClNO3/c1-5-19(26-20-9-6-14(2)12-16(20)4)21(24)23-10-11-25-17-8-7-15(3)18(22)13-17/h6-9,12-13,19H,5,10-11H2,1-4H3,(H,23,24). The maximum Gasteiger partial charge on any atom is 0.261 e. The summed E-state index contributed by atoms with van der Waals surface area (Å²) in [5.41, 5.74) is 3.19. The lowest BCUT2D eigenvalue weighted by atomic mass is 10.1. The van der Waals surface area contributed by atoms with E-state index in [0.29, 0.717) is 30.3 Å². The Morgan fingerprint density at radius 1 is 1.12 bits per heavy atom. The molecule has 0 saturated heterocycles. The van der Waals surface area contributed by atoms with Gasteiger partial charge in [0.2, 0.25) is 0 Å². The molecule has 0 aromatic heterocycles. The minimum absolute atomic E-state index is 0.141. The van der Waals surface area contributed by atoms with E-state index in [4.69, 9.17) is 21.1 Å². The first kappa shape index (κ1) is 20.1. The van der Waals surface area contributed by atoms with Gasteiger partial charge in [-0.25, -0.2) is 0 Å². The summed E-state index contributed by atoms with van der Waals surface area (Å²) in [4.78, 5) is 12.4. The number of rotatable bonds is 8. The van der Waals surface area contributed by atoms with Crippen molar-refractivity contribution in [2.45, 2.75) is 40.2 Å². The van der Waals surface area contributed by atoms with Gasteiger partial charge >= 0.3 is 0 Å². The summed E-state index contributed by atoms with van der Waals surface area (Å²) in [5.74, 6) is 1.29. The molecule has 1 atom stereocenters. The molecular weight excluding hydrogens is 350 g/mol. The summed E-state index contributed by atoms with van der Waals surface area (Å²) in [5, 5.41) is 3.53. The van der Waals surface area contributed by atoms with Crippen LogP contribution >= 0.6 is 11.6 Å². The summed E-state index contributed by atoms with van der Waals surface area (Å²) >= 11 is 6.07. The number of amides is 1. The Hall–Kier alpha value is -2.20. The molecular formula is C21H26ClNO3. The Balaban J connectivity index is 1.82. The lowest BCUT2D eigenvalue weighted by Crippen LogP contribution is -2.39. The minimum Gasteiger partial charge on any atom is -0.492 e. The third kappa shape index (κ3) is 5.67. The molecule has 0 aliphatic carbocycles. The lowest BCUT2D eigenvalue weighted by Gasteiger charge is -2.19. The van der Waals surface area contributed by atoms with Crippen LogP contribution in [-0.4, -0.2) is 25.2 Å². The molecule has 2 aromatic rings. The first-order valence-electron chi connectivity index (χ1n) is 8.81. The number of carbonyl (C=O) groups is 1. The molecule has 0 aliphatic rings. The third-order valence-electron chi connectivity index (χ3n) is 4.08. The van der Waals surface area contributed by atoms with Gasteiger partial charge in [-0.1, -0.05) is 42.3 Å². The van der Waals surface area contributed by atoms with E-state index in [1.165, 1.54) is 5.56 Å². The van der Waals surface area contributed by atoms with Crippen LogP contribution in [0, 0.1) is 20.8 Å². The molecule has 0 aliphatic heterocycles. The normalized spacial score (nSPS) is 11.7. The fourth-order valence-corrected chi connectivity index (χ4v) is 2.70. The average Bonchev–Trinajstić information content (AvgIpc) is 2.61. The van der Waals surface area contributed by atoms with Gasteiger partial charge in [-0.3, -0.25) is 4.79 Å². The number of ether oxygens (including phenoxy) is 2. The molecule has 0 bridgehead atoms. The first-order chi connectivity index (χ1) is 12.4. The zero-order chi connectivity index (χ0) is 19.1. The topological polar surface area (TPSA) is 47.6 Å². The molecule has 4 nitrogen and oxygen atoms in total. The van der Waals surface area contributed by atoms with Gasteiger partial charge in [-0.15, -0.1) is 0 Å². The largest absolute Gasteiger partial charge is 0.492 e. The van der Waals surface area contributed by atoms with Crippen LogP contribution < -0.4 is 14.8 Å². The molecule has 1 unspecified atom stereocenters. The van der Waals surface area contributed by atoms with Crippen LogP contribution in [-0.2, 0) is 4.79 Å². The van der Waals surface area contributed by atoms with Crippen molar-refractivity contribution >= 4 is 17.5 Å². The monoisotopic (exact) mass is 375 g/mol. The number of hydrogen-bond acceptors (Lipinski definition) is 3. The fourth-order valence-electron chi connectivity index (χ4n) is 2.53. The smallest absolute Gasteiger partial charge is 0.261 e. The average molecular weight is 376 g/mol. The van der Waals surface area contributed by atoms with Crippen molar-refractivity contribution in [1.82, 2.24) is 5.32 Å². The van der Waals surface area contributed by atoms with E-state index < -0.39 is 6.10 Å². The predicted octanol–water partition coefficient (Wildman–Crippen LogP) is 4.62. The van der Waals surface area contributed by atoms with Crippen molar-refractivity contribution < 1.29 is 14.3 Å². The van der Waals surface area contributed by atoms with E-state index in [1.807, 2.05) is 58.0 Å². The molecule has 0 heterocycles. The van der Waals surface area contributed by atoms with E-state index >= 15 is 0 Å². The second-order valence-electron chi connectivity index (χ2n) is 6.33. The van der Waals surface area contributed by atoms with Crippen molar-refractivity contribution in [1.29, 1.82) is 0 Å². The number of benzene rings is 2. The summed E-state index contributed by atoms with van der Waals surface area (Å²) in [6, 6.07) is 11.5. The van der Waals surface area contributed by atoms with Gasteiger partial charge in [-0.2, -0.15) is 0 Å². The summed E-state index contributed by atoms with van der Waals surface area (Å²) in [6.07, 6.45) is 0.0679. The van der Waals surface area contributed by atoms with Gasteiger partial charge in [0, 0.05) is 5.02 Å². The first-order valence-corrected chi connectivity index (χ1v) is 9.19. The van der Waals surface area contributed by atoms with Crippen LogP contribution in [0.1, 0.15) is 30.0 Å². The molecule has 2 aromatic carbocycles. The Kier molecular flexibility index (Phi) is 7.34. The van der Waals surface area contributed by atoms with Crippen molar-refractivity contribution in [2.75, 3.05) is 13.2 Å². The molecule has 0 spiro atoms. The fraction of sp³-hybridized carbons (Fsp3) is 0.381. The van der Waals surface area contributed by atoms with E-state index in [0.717, 1.165) is 16.9 Å². The van der Waals surface area contributed by atoms with Crippen LogP contribution in [0.15, 0.2) is 36.4 Å². The SMILES string of the molecule is CCC(Oc1ccc(C)cc1C)C(=O)NCCOc1ccc(C)c(Cl)c1. The third-order valence-corrected chi connectivity index (χ3v) is 4.48. The van der Waals surface area contributed by atoms with E-state index in [9.17, 15) is 4.79 Å². The van der Waals surface area contributed by atoms with Crippen molar-refractivity contribution in [3.8, 4) is 11.5 Å². The Labute approximate surface area is 160 Å². The minimum atomic E-state index is -0.523. The highest BCUT2D eigenvalue weighted by Crippen LogP contribution is 2.22. The molecule has 0 fully saturated rings. The van der Waals surface area contributed by atoms with Crippen LogP contribution in [0.5, 0.6) is 11.5 Å². The molecule has 1 N–H and O–H groups in total. The number of carbonyl (C=O) groups excluding carboxylic acids is 1. The summed E-state index contributed by atoms with van der Waals surface area (Å²) < 4.78 is 11.5. The highest BCUT2D eigenvalue weighted by atomic mass is 35.5. The maximum atomic E-state index is 12.4. The van der Waals surface area contributed by atoms with Gasteiger partial charge < -0.3 is 14.8 Å². The number of nitrogens with one attached hydrogen (secondary N) is 1. The van der Waals surface area contributed by atoms with Crippen molar-refractivity contribution in [3.63, 3.8) is 0 Å². The van der Waals surface area contributed by atoms with Gasteiger partial charge in [0.25, 0.3) is 5.91 Å².